The van der Waals surface area contributed by atoms with Crippen LogP contribution < -0.4 is 5.73 Å². The van der Waals surface area contributed by atoms with Gasteiger partial charge in [0, 0.05) is 24.5 Å². The van der Waals surface area contributed by atoms with Crippen molar-refractivity contribution in [3.05, 3.63) is 23.0 Å². The Morgan fingerprint density at radius 2 is 2.00 bits per heavy atom. The van der Waals surface area contributed by atoms with E-state index in [0.717, 1.165) is 35.6 Å². The number of anilines is 1. The fourth-order valence-electron chi connectivity index (χ4n) is 1.80. The van der Waals surface area contributed by atoms with Crippen LogP contribution in [0.25, 0.3) is 0 Å². The monoisotopic (exact) mass is 221 g/mol. The number of nitrogens with two attached hydrogens (primary N) is 1. The van der Waals surface area contributed by atoms with Crippen LogP contribution in [0.2, 0.25) is 0 Å². The predicted octanol–water partition coefficient (Wildman–Crippen LogP) is 2.51. The van der Waals surface area contributed by atoms with Crippen molar-refractivity contribution < 1.29 is 0 Å². The van der Waals surface area contributed by atoms with Gasteiger partial charge in [0.25, 0.3) is 0 Å². The van der Waals surface area contributed by atoms with E-state index in [-0.39, 0.29) is 0 Å². The van der Waals surface area contributed by atoms with Gasteiger partial charge in [0.15, 0.2) is 0 Å². The van der Waals surface area contributed by atoms with E-state index in [9.17, 15) is 0 Å². The van der Waals surface area contributed by atoms with Gasteiger partial charge in [-0.15, -0.1) is 0 Å². The molecule has 0 aliphatic rings. The van der Waals surface area contributed by atoms with Crippen molar-refractivity contribution in [3.8, 4) is 0 Å². The molecule has 0 aromatic carbocycles. The summed E-state index contributed by atoms with van der Waals surface area (Å²) in [6, 6.07) is 0.536. The summed E-state index contributed by atoms with van der Waals surface area (Å²) in [4.78, 5) is 6.87. The van der Waals surface area contributed by atoms with Crippen molar-refractivity contribution in [2.45, 2.75) is 47.2 Å². The Hall–Kier alpha value is -1.09. The van der Waals surface area contributed by atoms with Crippen molar-refractivity contribution in [1.82, 2.24) is 9.88 Å². The largest absolute Gasteiger partial charge is 0.398 e. The first-order valence-electron chi connectivity index (χ1n) is 5.92. The Morgan fingerprint density at radius 1 is 1.38 bits per heavy atom. The highest BCUT2D eigenvalue weighted by atomic mass is 15.1. The molecule has 1 aromatic heterocycles. The molecule has 1 rings (SSSR count). The van der Waals surface area contributed by atoms with E-state index in [0.29, 0.717) is 6.04 Å². The van der Waals surface area contributed by atoms with Crippen molar-refractivity contribution in [2.75, 3.05) is 12.3 Å². The molecule has 0 saturated carbocycles. The van der Waals surface area contributed by atoms with Crippen molar-refractivity contribution in [2.24, 2.45) is 0 Å². The molecule has 0 bridgehead atoms. The molecule has 0 aliphatic carbocycles. The zero-order valence-electron chi connectivity index (χ0n) is 11.0. The number of aryl methyl sites for hydroxylation is 1. The molecular weight excluding hydrogens is 198 g/mol. The molecule has 1 heterocycles. The van der Waals surface area contributed by atoms with Gasteiger partial charge in [-0.1, -0.05) is 6.92 Å². The smallest absolute Gasteiger partial charge is 0.0593 e. The molecule has 0 amide bonds. The molecule has 16 heavy (non-hydrogen) atoms. The summed E-state index contributed by atoms with van der Waals surface area (Å²) in [5.74, 6) is 0. The molecule has 0 radical (unpaired) electrons. The third-order valence-corrected chi connectivity index (χ3v) is 3.17. The van der Waals surface area contributed by atoms with Gasteiger partial charge in [0.2, 0.25) is 0 Å². The highest BCUT2D eigenvalue weighted by Gasteiger charge is 2.12. The first-order chi connectivity index (χ1) is 7.47. The van der Waals surface area contributed by atoms with E-state index in [1.54, 1.807) is 0 Å². The summed E-state index contributed by atoms with van der Waals surface area (Å²) in [5, 5.41) is 0. The van der Waals surface area contributed by atoms with E-state index >= 15 is 0 Å². The molecule has 1 aromatic rings. The van der Waals surface area contributed by atoms with Gasteiger partial charge < -0.3 is 5.73 Å². The second kappa shape index (κ2) is 5.30. The first-order valence-corrected chi connectivity index (χ1v) is 5.92. The molecule has 90 valence electrons. The Labute approximate surface area is 98.7 Å². The van der Waals surface area contributed by atoms with Crippen LogP contribution >= 0.6 is 0 Å². The van der Waals surface area contributed by atoms with E-state index < -0.39 is 0 Å². The molecule has 3 nitrogen and oxygen atoms in total. The number of nitrogen functional groups attached to an aromatic ring is 1. The molecular formula is C13H23N3. The molecule has 0 aliphatic heterocycles. The summed E-state index contributed by atoms with van der Waals surface area (Å²) in [5.41, 5.74) is 10.2. The molecule has 2 N–H and O–H groups in total. The number of hydrogen-bond acceptors (Lipinski definition) is 3. The quantitative estimate of drug-likeness (QED) is 0.849. The Kier molecular flexibility index (Phi) is 4.30. The van der Waals surface area contributed by atoms with Crippen LogP contribution in [0.15, 0.2) is 6.20 Å². The van der Waals surface area contributed by atoms with E-state index in [4.69, 9.17) is 5.73 Å². The van der Waals surface area contributed by atoms with Crippen LogP contribution in [0.1, 0.15) is 37.6 Å². The van der Waals surface area contributed by atoms with E-state index in [2.05, 4.69) is 37.6 Å². The van der Waals surface area contributed by atoms with Gasteiger partial charge in [-0.3, -0.25) is 9.88 Å². The summed E-state index contributed by atoms with van der Waals surface area (Å²) < 4.78 is 0. The van der Waals surface area contributed by atoms with Crippen LogP contribution in [0.3, 0.4) is 0 Å². The van der Waals surface area contributed by atoms with Gasteiger partial charge in [-0.05, 0) is 45.4 Å². The van der Waals surface area contributed by atoms with Crippen molar-refractivity contribution >= 4 is 5.69 Å². The van der Waals surface area contributed by atoms with Crippen LogP contribution in [0, 0.1) is 13.8 Å². The number of rotatable bonds is 4. The number of nitrogens with zero attached hydrogens (tertiary/aromatic N) is 2. The number of aromatic nitrogens is 1. The van der Waals surface area contributed by atoms with Gasteiger partial charge in [0.05, 0.1) is 5.69 Å². The van der Waals surface area contributed by atoms with Gasteiger partial charge in [-0.2, -0.15) is 0 Å². The normalized spacial score (nSPS) is 11.4. The molecule has 0 atom stereocenters. The second-order valence-electron chi connectivity index (χ2n) is 4.58. The lowest BCUT2D eigenvalue weighted by Crippen LogP contribution is -2.30. The number of hydrogen-bond donors (Lipinski definition) is 1. The molecule has 0 saturated heterocycles. The van der Waals surface area contributed by atoms with Crippen LogP contribution in [-0.2, 0) is 6.54 Å². The minimum Gasteiger partial charge on any atom is -0.398 e. The summed E-state index contributed by atoms with van der Waals surface area (Å²) in [6.45, 7) is 12.6. The fourth-order valence-corrected chi connectivity index (χ4v) is 1.80. The topological polar surface area (TPSA) is 42.2 Å². The lowest BCUT2D eigenvalue weighted by molar-refractivity contribution is 0.222. The van der Waals surface area contributed by atoms with Crippen molar-refractivity contribution in [1.29, 1.82) is 0 Å². The summed E-state index contributed by atoms with van der Waals surface area (Å²) in [7, 11) is 0. The Bertz CT molecular complexity index is 358. The maximum Gasteiger partial charge on any atom is 0.0593 e. The van der Waals surface area contributed by atoms with Gasteiger partial charge >= 0.3 is 0 Å². The average molecular weight is 221 g/mol. The highest BCUT2D eigenvalue weighted by Crippen LogP contribution is 2.19. The third-order valence-electron chi connectivity index (χ3n) is 3.17. The van der Waals surface area contributed by atoms with Gasteiger partial charge in [0.1, 0.15) is 0 Å². The molecule has 0 fully saturated rings. The third kappa shape index (κ3) is 2.73. The van der Waals surface area contributed by atoms with E-state index in [1.165, 1.54) is 0 Å². The molecule has 0 spiro atoms. The summed E-state index contributed by atoms with van der Waals surface area (Å²) >= 11 is 0. The predicted molar refractivity (Wildman–Crippen MR) is 69.3 cm³/mol. The second-order valence-corrected chi connectivity index (χ2v) is 4.58. The van der Waals surface area contributed by atoms with Crippen LogP contribution in [0.5, 0.6) is 0 Å². The van der Waals surface area contributed by atoms with Crippen LogP contribution in [0.4, 0.5) is 5.69 Å². The number of pyridine rings is 1. The summed E-state index contributed by atoms with van der Waals surface area (Å²) in [6.07, 6.45) is 1.87. The SMILES string of the molecule is CCN(Cc1ncc(C)c(N)c1C)C(C)C. The molecule has 0 unspecified atom stereocenters. The zero-order valence-corrected chi connectivity index (χ0v) is 11.0. The average Bonchev–Trinajstić information content (AvgIpc) is 2.25. The fraction of sp³-hybridized carbons (Fsp3) is 0.615. The molecule has 3 heteroatoms. The van der Waals surface area contributed by atoms with E-state index in [1.807, 2.05) is 13.1 Å². The maximum absolute atomic E-state index is 6.02. The highest BCUT2D eigenvalue weighted by molar-refractivity contribution is 5.53. The minimum atomic E-state index is 0.536. The lowest BCUT2D eigenvalue weighted by Gasteiger charge is -2.25. The Morgan fingerprint density at radius 3 is 2.50 bits per heavy atom. The lowest BCUT2D eigenvalue weighted by atomic mass is 10.1. The minimum absolute atomic E-state index is 0.536. The van der Waals surface area contributed by atoms with Crippen molar-refractivity contribution in [3.63, 3.8) is 0 Å². The Balaban J connectivity index is 2.93. The maximum atomic E-state index is 6.02. The standard InChI is InChI=1S/C13H23N3/c1-6-16(9(2)3)8-12-11(5)13(14)10(4)7-15-12/h7,9H,6,8H2,1-5H3,(H2,14,15). The zero-order chi connectivity index (χ0) is 12.3. The van der Waals surface area contributed by atoms with Crippen LogP contribution in [-0.4, -0.2) is 22.5 Å². The van der Waals surface area contributed by atoms with Gasteiger partial charge in [-0.25, -0.2) is 0 Å². The first kappa shape index (κ1) is 13.0.